The van der Waals surface area contributed by atoms with Gasteiger partial charge in [-0.3, -0.25) is 19.6 Å². The summed E-state index contributed by atoms with van der Waals surface area (Å²) in [6.45, 7) is 2.52. The second kappa shape index (κ2) is 5.39. The monoisotopic (exact) mass is 276 g/mol. The molecule has 1 aromatic carbocycles. The summed E-state index contributed by atoms with van der Waals surface area (Å²) in [4.78, 5) is 21.8. The Labute approximate surface area is 113 Å². The van der Waals surface area contributed by atoms with Gasteiger partial charge in [0.15, 0.2) is 5.69 Å². The SMILES string of the molecule is CCn1ccc(C(=O)Nc2ccc([N+](=O)[O-])cc2O)n1. The molecule has 0 saturated carbocycles. The van der Waals surface area contributed by atoms with Crippen LogP contribution >= 0.6 is 0 Å². The molecule has 2 rings (SSSR count). The van der Waals surface area contributed by atoms with Crippen molar-refractivity contribution in [2.75, 3.05) is 5.32 Å². The summed E-state index contributed by atoms with van der Waals surface area (Å²) in [5, 5.41) is 26.6. The van der Waals surface area contributed by atoms with Gasteiger partial charge < -0.3 is 10.4 Å². The van der Waals surface area contributed by atoms with Crippen LogP contribution in [0.1, 0.15) is 17.4 Å². The Kier molecular flexibility index (Phi) is 3.65. The van der Waals surface area contributed by atoms with Gasteiger partial charge in [0.05, 0.1) is 16.7 Å². The van der Waals surface area contributed by atoms with Crippen molar-refractivity contribution in [3.63, 3.8) is 0 Å². The minimum absolute atomic E-state index is 0.0895. The summed E-state index contributed by atoms with van der Waals surface area (Å²) < 4.78 is 1.59. The van der Waals surface area contributed by atoms with Crippen LogP contribution in [0.3, 0.4) is 0 Å². The van der Waals surface area contributed by atoms with E-state index in [4.69, 9.17) is 0 Å². The molecule has 0 unspecified atom stereocenters. The van der Waals surface area contributed by atoms with Crippen LogP contribution in [-0.4, -0.2) is 25.7 Å². The zero-order chi connectivity index (χ0) is 14.7. The number of rotatable bonds is 4. The average molecular weight is 276 g/mol. The molecule has 1 aromatic heterocycles. The highest BCUT2D eigenvalue weighted by atomic mass is 16.6. The van der Waals surface area contributed by atoms with Gasteiger partial charge in [0.25, 0.3) is 11.6 Å². The zero-order valence-corrected chi connectivity index (χ0v) is 10.6. The standard InChI is InChI=1S/C12H12N4O4/c1-2-15-6-5-10(14-15)12(18)13-9-4-3-8(16(19)20)7-11(9)17/h3-7,17H,2H2,1H3,(H,13,18). The van der Waals surface area contributed by atoms with E-state index < -0.39 is 10.8 Å². The number of nitro groups is 1. The van der Waals surface area contributed by atoms with Gasteiger partial charge in [0.1, 0.15) is 5.75 Å². The first kappa shape index (κ1) is 13.5. The van der Waals surface area contributed by atoms with Crippen molar-refractivity contribution in [1.82, 2.24) is 9.78 Å². The normalized spacial score (nSPS) is 10.2. The Balaban J connectivity index is 2.17. The van der Waals surface area contributed by atoms with E-state index in [1.165, 1.54) is 12.1 Å². The van der Waals surface area contributed by atoms with Crippen LogP contribution in [-0.2, 0) is 6.54 Å². The van der Waals surface area contributed by atoms with Gasteiger partial charge in [-0.2, -0.15) is 5.10 Å². The third-order valence-electron chi connectivity index (χ3n) is 2.64. The van der Waals surface area contributed by atoms with Gasteiger partial charge >= 0.3 is 0 Å². The van der Waals surface area contributed by atoms with Crippen molar-refractivity contribution in [2.45, 2.75) is 13.5 Å². The van der Waals surface area contributed by atoms with E-state index in [2.05, 4.69) is 10.4 Å². The summed E-state index contributed by atoms with van der Waals surface area (Å²) in [7, 11) is 0. The molecule has 0 saturated heterocycles. The van der Waals surface area contributed by atoms with E-state index in [-0.39, 0.29) is 22.8 Å². The summed E-state index contributed by atoms with van der Waals surface area (Å²) in [6.07, 6.45) is 1.66. The lowest BCUT2D eigenvalue weighted by atomic mass is 10.2. The molecule has 0 radical (unpaired) electrons. The molecular formula is C12H12N4O4. The van der Waals surface area contributed by atoms with Crippen molar-refractivity contribution in [2.24, 2.45) is 0 Å². The third kappa shape index (κ3) is 2.74. The lowest BCUT2D eigenvalue weighted by Crippen LogP contribution is -2.13. The number of nitrogens with one attached hydrogen (secondary N) is 1. The van der Waals surface area contributed by atoms with Crippen molar-refractivity contribution < 1.29 is 14.8 Å². The molecule has 0 aliphatic carbocycles. The number of phenolic OH excluding ortho intramolecular Hbond substituents is 1. The first-order valence-corrected chi connectivity index (χ1v) is 5.83. The number of nitro benzene ring substituents is 1. The van der Waals surface area contributed by atoms with E-state index in [9.17, 15) is 20.0 Å². The van der Waals surface area contributed by atoms with Gasteiger partial charge in [-0.1, -0.05) is 0 Å². The number of hydrogen-bond acceptors (Lipinski definition) is 5. The first-order chi connectivity index (χ1) is 9.51. The van der Waals surface area contributed by atoms with Gasteiger partial charge in [-0.15, -0.1) is 0 Å². The summed E-state index contributed by atoms with van der Waals surface area (Å²) >= 11 is 0. The number of amides is 1. The van der Waals surface area contributed by atoms with Gasteiger partial charge in [-0.25, -0.2) is 0 Å². The van der Waals surface area contributed by atoms with Crippen molar-refractivity contribution in [3.8, 4) is 5.75 Å². The molecule has 0 aliphatic heterocycles. The molecule has 2 N–H and O–H groups in total. The van der Waals surface area contributed by atoms with Gasteiger partial charge in [0, 0.05) is 18.8 Å². The fourth-order valence-electron chi connectivity index (χ4n) is 1.58. The topological polar surface area (TPSA) is 110 Å². The number of phenols is 1. The Bertz CT molecular complexity index is 665. The number of benzene rings is 1. The Morgan fingerprint density at radius 1 is 1.50 bits per heavy atom. The fraction of sp³-hybridized carbons (Fsp3) is 0.167. The van der Waals surface area contributed by atoms with Gasteiger partial charge in [-0.05, 0) is 19.1 Å². The average Bonchev–Trinajstić information content (AvgIpc) is 2.89. The highest BCUT2D eigenvalue weighted by Crippen LogP contribution is 2.28. The number of nitrogens with zero attached hydrogens (tertiary/aromatic N) is 3. The molecule has 0 bridgehead atoms. The molecule has 0 atom stereocenters. The van der Waals surface area contributed by atoms with Crippen molar-refractivity contribution in [3.05, 3.63) is 46.3 Å². The smallest absolute Gasteiger partial charge is 0.276 e. The maximum Gasteiger partial charge on any atom is 0.276 e. The minimum atomic E-state index is -0.631. The Morgan fingerprint density at radius 3 is 2.80 bits per heavy atom. The van der Waals surface area contributed by atoms with E-state index in [0.717, 1.165) is 6.07 Å². The fourth-order valence-corrected chi connectivity index (χ4v) is 1.58. The molecule has 1 amide bonds. The number of non-ortho nitro benzene ring substituents is 1. The molecule has 0 spiro atoms. The number of hydrogen-bond donors (Lipinski definition) is 2. The second-order valence-electron chi connectivity index (χ2n) is 3.97. The number of aryl methyl sites for hydroxylation is 1. The molecule has 8 heteroatoms. The predicted molar refractivity (Wildman–Crippen MR) is 70.6 cm³/mol. The van der Waals surface area contributed by atoms with Crippen molar-refractivity contribution >= 4 is 17.3 Å². The van der Waals surface area contributed by atoms with Gasteiger partial charge in [0.2, 0.25) is 0 Å². The summed E-state index contributed by atoms with van der Waals surface area (Å²) in [5.41, 5.74) is 0.0343. The highest BCUT2D eigenvalue weighted by molar-refractivity contribution is 6.03. The van der Waals surface area contributed by atoms with Crippen LogP contribution in [0.4, 0.5) is 11.4 Å². The Hall–Kier alpha value is -2.90. The number of carbonyl (C=O) groups excluding carboxylic acids is 1. The maximum atomic E-state index is 11.9. The van der Waals surface area contributed by atoms with Crippen LogP contribution in [0.2, 0.25) is 0 Å². The summed E-state index contributed by atoms with van der Waals surface area (Å²) in [5.74, 6) is -0.871. The lowest BCUT2D eigenvalue weighted by Gasteiger charge is -2.05. The van der Waals surface area contributed by atoms with Crippen LogP contribution in [0, 0.1) is 10.1 Å². The van der Waals surface area contributed by atoms with Crippen molar-refractivity contribution in [1.29, 1.82) is 0 Å². The van der Waals surface area contributed by atoms with E-state index in [0.29, 0.717) is 6.54 Å². The molecule has 20 heavy (non-hydrogen) atoms. The largest absolute Gasteiger partial charge is 0.506 e. The van der Waals surface area contributed by atoms with E-state index >= 15 is 0 Å². The maximum absolute atomic E-state index is 11.9. The highest BCUT2D eigenvalue weighted by Gasteiger charge is 2.14. The first-order valence-electron chi connectivity index (χ1n) is 5.83. The molecule has 0 aliphatic rings. The molecule has 104 valence electrons. The third-order valence-corrected chi connectivity index (χ3v) is 2.64. The number of carbonyl (C=O) groups is 1. The number of aromatic hydroxyl groups is 1. The lowest BCUT2D eigenvalue weighted by molar-refractivity contribution is -0.384. The van der Waals surface area contributed by atoms with Crippen LogP contribution < -0.4 is 5.32 Å². The molecule has 2 aromatic rings. The molecule has 8 nitrogen and oxygen atoms in total. The predicted octanol–water partition coefficient (Wildman–Crippen LogP) is 1.77. The number of aromatic nitrogens is 2. The van der Waals surface area contributed by atoms with E-state index in [1.54, 1.807) is 16.9 Å². The summed E-state index contributed by atoms with van der Waals surface area (Å²) in [6, 6.07) is 4.98. The quantitative estimate of drug-likeness (QED) is 0.502. The molecule has 0 fully saturated rings. The Morgan fingerprint density at radius 2 is 2.25 bits per heavy atom. The molecular weight excluding hydrogens is 264 g/mol. The molecule has 1 heterocycles. The number of anilines is 1. The zero-order valence-electron chi connectivity index (χ0n) is 10.6. The minimum Gasteiger partial charge on any atom is -0.506 e. The van der Waals surface area contributed by atoms with Crippen LogP contribution in [0.25, 0.3) is 0 Å². The second-order valence-corrected chi connectivity index (χ2v) is 3.97. The van der Waals surface area contributed by atoms with Crippen LogP contribution in [0.15, 0.2) is 30.5 Å². The van der Waals surface area contributed by atoms with Crippen LogP contribution in [0.5, 0.6) is 5.75 Å². The van der Waals surface area contributed by atoms with E-state index in [1.807, 2.05) is 6.92 Å².